The van der Waals surface area contributed by atoms with Crippen LogP contribution < -0.4 is 10.2 Å². The van der Waals surface area contributed by atoms with E-state index in [0.29, 0.717) is 11.4 Å². The first-order valence-electron chi connectivity index (χ1n) is 8.79. The number of amides is 1. The third-order valence-corrected chi connectivity index (χ3v) is 4.17. The third-order valence-electron chi connectivity index (χ3n) is 4.17. The van der Waals surface area contributed by atoms with Crippen molar-refractivity contribution >= 4 is 28.9 Å². The van der Waals surface area contributed by atoms with Crippen LogP contribution >= 0.6 is 0 Å². The lowest BCUT2D eigenvalue weighted by atomic mass is 10.1. The molecule has 0 radical (unpaired) electrons. The summed E-state index contributed by atoms with van der Waals surface area (Å²) >= 11 is 0. The largest absolute Gasteiger partial charge is 0.449 e. The topological polar surface area (TPSA) is 102 Å². The Labute approximate surface area is 163 Å². The second-order valence-corrected chi connectivity index (χ2v) is 6.44. The Morgan fingerprint density at radius 2 is 1.82 bits per heavy atom. The van der Waals surface area contributed by atoms with Crippen molar-refractivity contribution in [2.45, 2.75) is 26.4 Å². The Bertz CT molecular complexity index is 878. The molecule has 2 aromatic carbocycles. The lowest BCUT2D eigenvalue weighted by Gasteiger charge is -2.15. The Hall–Kier alpha value is -3.42. The van der Waals surface area contributed by atoms with Crippen molar-refractivity contribution in [2.24, 2.45) is 0 Å². The Kier molecular flexibility index (Phi) is 6.70. The molecule has 0 spiro atoms. The number of rotatable bonds is 7. The van der Waals surface area contributed by atoms with Gasteiger partial charge in [0.1, 0.15) is 5.69 Å². The molecule has 0 unspecified atom stereocenters. The van der Waals surface area contributed by atoms with E-state index in [1.807, 2.05) is 19.1 Å². The van der Waals surface area contributed by atoms with E-state index in [9.17, 15) is 19.7 Å². The molecule has 2 rings (SSSR count). The predicted octanol–water partition coefficient (Wildman–Crippen LogP) is 3.41. The molecular weight excluding hydrogens is 362 g/mol. The molecule has 1 atom stereocenters. The normalized spacial score (nSPS) is 11.4. The molecule has 0 saturated heterocycles. The van der Waals surface area contributed by atoms with Crippen molar-refractivity contribution < 1.29 is 19.2 Å². The summed E-state index contributed by atoms with van der Waals surface area (Å²) in [5.74, 6) is -1.30. The Morgan fingerprint density at radius 1 is 1.18 bits per heavy atom. The first kappa shape index (κ1) is 20.9. The summed E-state index contributed by atoms with van der Waals surface area (Å²) in [6.45, 7) is 3.47. The van der Waals surface area contributed by atoms with Crippen LogP contribution in [0.1, 0.15) is 29.8 Å². The summed E-state index contributed by atoms with van der Waals surface area (Å²) in [7, 11) is 3.33. The van der Waals surface area contributed by atoms with E-state index < -0.39 is 22.9 Å². The zero-order valence-electron chi connectivity index (χ0n) is 16.3. The molecule has 8 nitrogen and oxygen atoms in total. The summed E-state index contributed by atoms with van der Waals surface area (Å²) in [6, 6.07) is 11.4. The molecule has 0 fully saturated rings. The summed E-state index contributed by atoms with van der Waals surface area (Å²) in [5.41, 5.74) is 1.89. The quantitative estimate of drug-likeness (QED) is 0.445. The molecule has 148 valence electrons. The van der Waals surface area contributed by atoms with E-state index in [4.69, 9.17) is 4.74 Å². The van der Waals surface area contributed by atoms with Gasteiger partial charge in [-0.1, -0.05) is 19.1 Å². The lowest BCUT2D eigenvalue weighted by molar-refractivity contribution is -0.384. The molecule has 28 heavy (non-hydrogen) atoms. The van der Waals surface area contributed by atoms with Crippen molar-refractivity contribution in [1.82, 2.24) is 0 Å². The molecule has 0 saturated carbocycles. The van der Waals surface area contributed by atoms with Crippen LogP contribution in [0.5, 0.6) is 0 Å². The van der Waals surface area contributed by atoms with Gasteiger partial charge >= 0.3 is 5.97 Å². The maximum atomic E-state index is 12.3. The van der Waals surface area contributed by atoms with Crippen LogP contribution in [0.3, 0.4) is 0 Å². The number of aryl methyl sites for hydroxylation is 1. The molecule has 1 amide bonds. The number of ether oxygens (including phenoxy) is 1. The Balaban J connectivity index is 2.07. The summed E-state index contributed by atoms with van der Waals surface area (Å²) in [6.07, 6.45) is -0.174. The molecule has 0 aliphatic heterocycles. The second-order valence-electron chi connectivity index (χ2n) is 6.44. The first-order valence-corrected chi connectivity index (χ1v) is 8.79. The minimum Gasteiger partial charge on any atom is -0.449 e. The number of nitrogens with zero attached hydrogens (tertiary/aromatic N) is 2. The van der Waals surface area contributed by atoms with E-state index in [-0.39, 0.29) is 11.3 Å². The number of esters is 1. The van der Waals surface area contributed by atoms with Crippen LogP contribution in [0.25, 0.3) is 0 Å². The molecular formula is C20H23N3O5. The zero-order chi connectivity index (χ0) is 20.8. The van der Waals surface area contributed by atoms with Crippen molar-refractivity contribution in [3.8, 4) is 0 Å². The van der Waals surface area contributed by atoms with Gasteiger partial charge in [0.05, 0.1) is 10.5 Å². The summed E-state index contributed by atoms with van der Waals surface area (Å²) in [5, 5.41) is 13.9. The first-order chi connectivity index (χ1) is 13.2. The average Bonchev–Trinajstić information content (AvgIpc) is 2.67. The number of anilines is 2. The van der Waals surface area contributed by atoms with Gasteiger partial charge in [0.2, 0.25) is 0 Å². The van der Waals surface area contributed by atoms with Crippen molar-refractivity contribution in [1.29, 1.82) is 0 Å². The number of hydrogen-bond acceptors (Lipinski definition) is 6. The van der Waals surface area contributed by atoms with Gasteiger partial charge in [-0.3, -0.25) is 14.9 Å². The number of nitrogens with one attached hydrogen (secondary N) is 1. The molecule has 0 bridgehead atoms. The van der Waals surface area contributed by atoms with E-state index >= 15 is 0 Å². The number of nitro groups is 1. The molecule has 1 N–H and O–H groups in total. The van der Waals surface area contributed by atoms with Gasteiger partial charge in [-0.25, -0.2) is 4.79 Å². The van der Waals surface area contributed by atoms with Crippen LogP contribution in [0.2, 0.25) is 0 Å². The third kappa shape index (κ3) is 5.06. The van der Waals surface area contributed by atoms with Crippen LogP contribution in [0, 0.1) is 10.1 Å². The fraction of sp³-hybridized carbons (Fsp3) is 0.300. The van der Waals surface area contributed by atoms with Gasteiger partial charge in [-0.15, -0.1) is 0 Å². The van der Waals surface area contributed by atoms with Gasteiger partial charge in [-0.05, 0) is 43.2 Å². The van der Waals surface area contributed by atoms with Crippen LogP contribution in [-0.2, 0) is 16.0 Å². The van der Waals surface area contributed by atoms with E-state index in [1.54, 1.807) is 31.1 Å². The Morgan fingerprint density at radius 3 is 2.36 bits per heavy atom. The highest BCUT2D eigenvalue weighted by Crippen LogP contribution is 2.28. The number of benzene rings is 2. The fourth-order valence-corrected chi connectivity index (χ4v) is 2.52. The summed E-state index contributed by atoms with van der Waals surface area (Å²) < 4.78 is 5.16. The maximum absolute atomic E-state index is 12.3. The molecule has 8 heteroatoms. The molecule has 0 aliphatic carbocycles. The standard InChI is InChI=1S/C20H23N3O5/c1-5-14-6-9-16(10-7-14)21-19(24)13(2)28-20(25)15-8-11-17(22(3)4)18(12-15)23(26)27/h6-13H,5H2,1-4H3,(H,21,24)/t13-/m0/s1. The zero-order valence-corrected chi connectivity index (χ0v) is 16.3. The monoisotopic (exact) mass is 385 g/mol. The van der Waals surface area contributed by atoms with E-state index in [1.165, 1.54) is 19.1 Å². The molecule has 2 aromatic rings. The van der Waals surface area contributed by atoms with Crippen molar-refractivity contribution in [3.05, 3.63) is 63.7 Å². The number of nitro benzene ring substituents is 1. The number of carbonyl (C=O) groups excluding carboxylic acids is 2. The average molecular weight is 385 g/mol. The smallest absolute Gasteiger partial charge is 0.339 e. The molecule has 0 heterocycles. The SMILES string of the molecule is CCc1ccc(NC(=O)[C@H](C)OC(=O)c2ccc(N(C)C)c([N+](=O)[O-])c2)cc1. The maximum Gasteiger partial charge on any atom is 0.339 e. The lowest BCUT2D eigenvalue weighted by Crippen LogP contribution is -2.30. The number of hydrogen-bond donors (Lipinski definition) is 1. The fourth-order valence-electron chi connectivity index (χ4n) is 2.52. The van der Waals surface area contributed by atoms with Crippen molar-refractivity contribution in [2.75, 3.05) is 24.3 Å². The van der Waals surface area contributed by atoms with E-state index in [0.717, 1.165) is 18.1 Å². The van der Waals surface area contributed by atoms with Crippen LogP contribution in [-0.4, -0.2) is 37.0 Å². The minimum absolute atomic E-state index is 0.00393. The second kappa shape index (κ2) is 8.98. The van der Waals surface area contributed by atoms with Crippen molar-refractivity contribution in [3.63, 3.8) is 0 Å². The van der Waals surface area contributed by atoms with E-state index in [2.05, 4.69) is 5.32 Å². The van der Waals surface area contributed by atoms with Gasteiger partial charge in [0.25, 0.3) is 11.6 Å². The van der Waals surface area contributed by atoms with Gasteiger partial charge in [0.15, 0.2) is 6.10 Å². The van der Waals surface area contributed by atoms with Gasteiger partial charge in [0, 0.05) is 25.8 Å². The minimum atomic E-state index is -1.06. The van der Waals surface area contributed by atoms with Gasteiger partial charge in [-0.2, -0.15) is 0 Å². The highest BCUT2D eigenvalue weighted by atomic mass is 16.6. The van der Waals surface area contributed by atoms with Gasteiger partial charge < -0.3 is 15.0 Å². The number of carbonyl (C=O) groups is 2. The predicted molar refractivity (Wildman–Crippen MR) is 107 cm³/mol. The van der Waals surface area contributed by atoms with Crippen LogP contribution in [0.4, 0.5) is 17.1 Å². The summed E-state index contributed by atoms with van der Waals surface area (Å²) in [4.78, 5) is 36.8. The molecule has 0 aromatic heterocycles. The molecule has 0 aliphatic rings. The highest BCUT2D eigenvalue weighted by molar-refractivity contribution is 5.97. The highest BCUT2D eigenvalue weighted by Gasteiger charge is 2.23. The van der Waals surface area contributed by atoms with Crippen LogP contribution in [0.15, 0.2) is 42.5 Å².